The molecule has 5 nitrogen and oxygen atoms in total. The van der Waals surface area contributed by atoms with Crippen molar-refractivity contribution in [1.82, 2.24) is 4.90 Å². The van der Waals surface area contributed by atoms with Gasteiger partial charge in [0.1, 0.15) is 19.0 Å². The quantitative estimate of drug-likeness (QED) is 0.597. The van der Waals surface area contributed by atoms with Crippen molar-refractivity contribution in [2.45, 2.75) is 18.9 Å². The third kappa shape index (κ3) is 4.08. The molecular formula is C26H25NO4. The van der Waals surface area contributed by atoms with Gasteiger partial charge in [0.2, 0.25) is 0 Å². The highest BCUT2D eigenvalue weighted by Gasteiger charge is 2.31. The molecule has 1 atom stereocenters. The fraction of sp³-hybridized carbons (Fsp3) is 0.269. The lowest BCUT2D eigenvalue weighted by molar-refractivity contribution is -0.134. The maximum atomic E-state index is 13.1. The third-order valence-electron chi connectivity index (χ3n) is 5.85. The normalized spacial score (nSPS) is 17.4. The van der Waals surface area contributed by atoms with Crippen LogP contribution >= 0.6 is 0 Å². The Morgan fingerprint density at radius 3 is 2.58 bits per heavy atom. The van der Waals surface area contributed by atoms with Gasteiger partial charge in [-0.3, -0.25) is 4.79 Å². The molecule has 0 N–H and O–H groups in total. The molecular weight excluding hydrogens is 390 g/mol. The number of hydrogen-bond donors (Lipinski definition) is 0. The summed E-state index contributed by atoms with van der Waals surface area (Å²) in [6.45, 7) is 1.88. The van der Waals surface area contributed by atoms with Gasteiger partial charge in [-0.2, -0.15) is 0 Å². The van der Waals surface area contributed by atoms with Gasteiger partial charge < -0.3 is 19.1 Å². The molecule has 1 amide bonds. The smallest absolute Gasteiger partial charge is 0.261 e. The van der Waals surface area contributed by atoms with Crippen LogP contribution in [0.25, 0.3) is 11.1 Å². The van der Waals surface area contributed by atoms with E-state index in [1.54, 1.807) is 0 Å². The van der Waals surface area contributed by atoms with Crippen molar-refractivity contribution in [2.75, 3.05) is 26.4 Å². The number of ether oxygens (including phenoxy) is 3. The van der Waals surface area contributed by atoms with Crippen LogP contribution in [-0.2, 0) is 4.79 Å². The van der Waals surface area contributed by atoms with Gasteiger partial charge in [0.15, 0.2) is 18.1 Å². The van der Waals surface area contributed by atoms with Crippen molar-refractivity contribution in [1.29, 1.82) is 0 Å². The Bertz CT molecular complexity index is 1070. The summed E-state index contributed by atoms with van der Waals surface area (Å²) in [5, 5.41) is 0. The monoisotopic (exact) mass is 415 g/mol. The topological polar surface area (TPSA) is 48.0 Å². The van der Waals surface area contributed by atoms with Crippen molar-refractivity contribution in [3.05, 3.63) is 78.4 Å². The number of carbonyl (C=O) groups excluding carboxylic acids is 1. The Hall–Kier alpha value is -3.47. The van der Waals surface area contributed by atoms with Crippen LogP contribution in [0.3, 0.4) is 0 Å². The van der Waals surface area contributed by atoms with E-state index >= 15 is 0 Å². The Kier molecular flexibility index (Phi) is 5.48. The number of benzene rings is 3. The minimum Gasteiger partial charge on any atom is -0.486 e. The molecule has 0 spiro atoms. The zero-order valence-corrected chi connectivity index (χ0v) is 17.3. The van der Waals surface area contributed by atoms with Crippen LogP contribution in [0.5, 0.6) is 17.2 Å². The third-order valence-corrected chi connectivity index (χ3v) is 5.85. The van der Waals surface area contributed by atoms with E-state index in [-0.39, 0.29) is 18.6 Å². The molecule has 3 aromatic rings. The zero-order valence-electron chi connectivity index (χ0n) is 17.3. The molecule has 5 rings (SSSR count). The minimum atomic E-state index is 0.000235. The highest BCUT2D eigenvalue weighted by atomic mass is 16.6. The second-order valence-electron chi connectivity index (χ2n) is 7.80. The summed E-state index contributed by atoms with van der Waals surface area (Å²) in [5.74, 6) is 2.25. The fourth-order valence-corrected chi connectivity index (χ4v) is 4.35. The molecule has 1 fully saturated rings. The summed E-state index contributed by atoms with van der Waals surface area (Å²) in [7, 11) is 0. The van der Waals surface area contributed by atoms with Gasteiger partial charge in [-0.1, -0.05) is 54.6 Å². The number of para-hydroxylation sites is 1. The zero-order chi connectivity index (χ0) is 21.0. The van der Waals surface area contributed by atoms with Gasteiger partial charge in [-0.05, 0) is 42.2 Å². The van der Waals surface area contributed by atoms with Crippen LogP contribution in [0.1, 0.15) is 24.4 Å². The first-order valence-corrected chi connectivity index (χ1v) is 10.8. The summed E-state index contributed by atoms with van der Waals surface area (Å²) in [6.07, 6.45) is 1.91. The number of hydrogen-bond acceptors (Lipinski definition) is 4. The number of likely N-dealkylation sites (tertiary alicyclic amines) is 1. The Balaban J connectivity index is 1.30. The van der Waals surface area contributed by atoms with Crippen LogP contribution in [0.15, 0.2) is 72.8 Å². The summed E-state index contributed by atoms with van der Waals surface area (Å²) in [5.41, 5.74) is 3.14. The lowest BCUT2D eigenvalue weighted by Crippen LogP contribution is -2.34. The van der Waals surface area contributed by atoms with Gasteiger partial charge in [0.25, 0.3) is 5.91 Å². The van der Waals surface area contributed by atoms with Crippen molar-refractivity contribution in [2.24, 2.45) is 0 Å². The van der Waals surface area contributed by atoms with E-state index in [1.165, 1.54) is 0 Å². The van der Waals surface area contributed by atoms with Gasteiger partial charge >= 0.3 is 0 Å². The van der Waals surface area contributed by atoms with E-state index in [4.69, 9.17) is 14.2 Å². The molecule has 5 heteroatoms. The number of fused-ring (bicyclic) bond motifs is 1. The largest absolute Gasteiger partial charge is 0.486 e. The molecule has 3 aromatic carbocycles. The second kappa shape index (κ2) is 8.72. The molecule has 0 unspecified atom stereocenters. The van der Waals surface area contributed by atoms with E-state index in [1.807, 2.05) is 77.7 Å². The molecule has 2 aliphatic rings. The van der Waals surface area contributed by atoms with Gasteiger partial charge in [-0.25, -0.2) is 0 Å². The Morgan fingerprint density at radius 1 is 0.935 bits per heavy atom. The van der Waals surface area contributed by atoms with E-state index < -0.39 is 0 Å². The molecule has 0 bridgehead atoms. The van der Waals surface area contributed by atoms with Crippen LogP contribution in [-0.4, -0.2) is 37.2 Å². The van der Waals surface area contributed by atoms with Crippen LogP contribution in [0, 0.1) is 0 Å². The Morgan fingerprint density at radius 2 is 1.71 bits per heavy atom. The van der Waals surface area contributed by atoms with Crippen molar-refractivity contribution in [3.63, 3.8) is 0 Å². The van der Waals surface area contributed by atoms with E-state index in [9.17, 15) is 4.79 Å². The van der Waals surface area contributed by atoms with Crippen molar-refractivity contribution in [3.8, 4) is 28.4 Å². The second-order valence-corrected chi connectivity index (χ2v) is 7.80. The number of carbonyl (C=O) groups is 1. The van der Waals surface area contributed by atoms with Gasteiger partial charge in [0.05, 0.1) is 6.04 Å². The average Bonchev–Trinajstić information content (AvgIpc) is 3.33. The summed E-state index contributed by atoms with van der Waals surface area (Å²) < 4.78 is 17.4. The SMILES string of the molecule is O=C(COc1ccccc1-c1ccccc1)N1CCC[C@H]1c1ccc2c(c1)OCCO2. The highest BCUT2D eigenvalue weighted by molar-refractivity contribution is 5.79. The number of nitrogens with zero attached hydrogens (tertiary/aromatic N) is 1. The molecule has 0 saturated carbocycles. The summed E-state index contributed by atoms with van der Waals surface area (Å²) in [4.78, 5) is 15.0. The summed E-state index contributed by atoms with van der Waals surface area (Å²) >= 11 is 0. The Labute approximate surface area is 182 Å². The van der Waals surface area contributed by atoms with Crippen molar-refractivity contribution < 1.29 is 19.0 Å². The van der Waals surface area contributed by atoms with E-state index in [0.717, 1.165) is 53.3 Å². The fourth-order valence-electron chi connectivity index (χ4n) is 4.35. The molecule has 2 aliphatic heterocycles. The van der Waals surface area contributed by atoms with Crippen LogP contribution in [0.4, 0.5) is 0 Å². The maximum Gasteiger partial charge on any atom is 0.261 e. The lowest BCUT2D eigenvalue weighted by atomic mass is 10.0. The molecule has 0 aromatic heterocycles. The molecule has 0 aliphatic carbocycles. The lowest BCUT2D eigenvalue weighted by Gasteiger charge is -2.27. The molecule has 0 radical (unpaired) electrons. The van der Waals surface area contributed by atoms with Crippen LogP contribution in [0.2, 0.25) is 0 Å². The first-order valence-electron chi connectivity index (χ1n) is 10.8. The first-order chi connectivity index (χ1) is 15.3. The van der Waals surface area contributed by atoms with Crippen LogP contribution < -0.4 is 14.2 Å². The molecule has 1 saturated heterocycles. The first kappa shape index (κ1) is 19.5. The van der Waals surface area contributed by atoms with Gasteiger partial charge in [-0.15, -0.1) is 0 Å². The minimum absolute atomic E-state index is 0.000235. The molecule has 158 valence electrons. The maximum absolute atomic E-state index is 13.1. The predicted molar refractivity (Wildman–Crippen MR) is 118 cm³/mol. The van der Waals surface area contributed by atoms with Gasteiger partial charge in [0, 0.05) is 12.1 Å². The highest BCUT2D eigenvalue weighted by Crippen LogP contribution is 2.38. The summed E-state index contributed by atoms with van der Waals surface area (Å²) in [6, 6.07) is 23.9. The molecule has 2 heterocycles. The standard InChI is InChI=1S/C26H25NO4/c28-26(18-31-23-11-5-4-9-21(23)19-7-2-1-3-8-19)27-14-6-10-22(27)20-12-13-24-25(17-20)30-16-15-29-24/h1-5,7-9,11-13,17,22H,6,10,14-16,18H2/t22-/m0/s1. The number of rotatable bonds is 5. The molecule has 31 heavy (non-hydrogen) atoms. The van der Waals surface area contributed by atoms with E-state index in [2.05, 4.69) is 0 Å². The van der Waals surface area contributed by atoms with Crippen molar-refractivity contribution >= 4 is 5.91 Å². The average molecular weight is 415 g/mol. The number of amides is 1. The predicted octanol–water partition coefficient (Wildman–Crippen LogP) is 4.87. The van der Waals surface area contributed by atoms with E-state index in [0.29, 0.717) is 13.2 Å².